The highest BCUT2D eigenvalue weighted by molar-refractivity contribution is 5.18. The zero-order valence-electron chi connectivity index (χ0n) is 11.6. The first kappa shape index (κ1) is 14.7. The summed E-state index contributed by atoms with van der Waals surface area (Å²) in [6, 6.07) is 16.3. The zero-order chi connectivity index (χ0) is 14.4. The van der Waals surface area contributed by atoms with Gasteiger partial charge in [0.25, 0.3) is 0 Å². The molecule has 0 aliphatic heterocycles. The fourth-order valence-corrected chi connectivity index (χ4v) is 2.13. The number of hydrogen-bond acceptors (Lipinski definition) is 2. The molecule has 106 valence electrons. The number of benzene rings is 2. The highest BCUT2D eigenvalue weighted by atomic mass is 19.1. The number of aliphatic hydroxyl groups is 1. The lowest BCUT2D eigenvalue weighted by Gasteiger charge is -2.18. The van der Waals surface area contributed by atoms with E-state index in [2.05, 4.69) is 17.4 Å². The van der Waals surface area contributed by atoms with E-state index in [-0.39, 0.29) is 11.9 Å². The molecule has 0 saturated carbocycles. The monoisotopic (exact) mass is 273 g/mol. The van der Waals surface area contributed by atoms with Crippen LogP contribution in [-0.2, 0) is 6.54 Å². The van der Waals surface area contributed by atoms with Crippen molar-refractivity contribution in [2.45, 2.75) is 32.0 Å². The van der Waals surface area contributed by atoms with E-state index in [1.807, 2.05) is 25.1 Å². The average Bonchev–Trinajstić information content (AvgIpc) is 2.47. The second-order valence-electron chi connectivity index (χ2n) is 5.07. The number of rotatable bonds is 6. The van der Waals surface area contributed by atoms with Crippen LogP contribution in [0.3, 0.4) is 0 Å². The van der Waals surface area contributed by atoms with Gasteiger partial charge in [0.2, 0.25) is 0 Å². The van der Waals surface area contributed by atoms with Crippen LogP contribution in [0, 0.1) is 5.82 Å². The third-order valence-corrected chi connectivity index (χ3v) is 3.33. The van der Waals surface area contributed by atoms with Crippen molar-refractivity contribution in [1.82, 2.24) is 5.32 Å². The van der Waals surface area contributed by atoms with Crippen molar-refractivity contribution in [3.05, 3.63) is 71.5 Å². The van der Waals surface area contributed by atoms with Crippen LogP contribution < -0.4 is 5.32 Å². The highest BCUT2D eigenvalue weighted by Crippen LogP contribution is 2.18. The van der Waals surface area contributed by atoms with Gasteiger partial charge in [-0.25, -0.2) is 4.39 Å². The summed E-state index contributed by atoms with van der Waals surface area (Å²) in [5.74, 6) is -0.281. The Kier molecular flexibility index (Phi) is 5.27. The first-order valence-corrected chi connectivity index (χ1v) is 6.86. The third kappa shape index (κ3) is 4.44. The summed E-state index contributed by atoms with van der Waals surface area (Å²) >= 11 is 0. The molecule has 0 radical (unpaired) electrons. The molecule has 0 amide bonds. The molecule has 0 fully saturated rings. The second kappa shape index (κ2) is 7.17. The minimum absolute atomic E-state index is 0.176. The van der Waals surface area contributed by atoms with Crippen molar-refractivity contribution in [1.29, 1.82) is 0 Å². The smallest absolute Gasteiger partial charge is 0.123 e. The molecule has 2 aromatic rings. The van der Waals surface area contributed by atoms with Crippen LogP contribution in [0.2, 0.25) is 0 Å². The van der Waals surface area contributed by atoms with E-state index >= 15 is 0 Å². The molecule has 0 spiro atoms. The number of nitrogens with one attached hydrogen (secondary N) is 1. The molecule has 0 aromatic heterocycles. The fraction of sp³-hybridized carbons (Fsp3) is 0.294. The van der Waals surface area contributed by atoms with Crippen molar-refractivity contribution >= 4 is 0 Å². The predicted octanol–water partition coefficient (Wildman–Crippen LogP) is 3.43. The Morgan fingerprint density at radius 3 is 2.35 bits per heavy atom. The molecule has 2 N–H and O–H groups in total. The maximum atomic E-state index is 12.8. The molecule has 0 bridgehead atoms. The van der Waals surface area contributed by atoms with Gasteiger partial charge in [0.1, 0.15) is 5.82 Å². The zero-order valence-corrected chi connectivity index (χ0v) is 11.6. The van der Waals surface area contributed by atoms with Crippen molar-refractivity contribution < 1.29 is 9.50 Å². The Labute approximate surface area is 119 Å². The maximum absolute atomic E-state index is 12.8. The molecule has 3 heteroatoms. The topological polar surface area (TPSA) is 32.3 Å². The lowest BCUT2D eigenvalue weighted by Crippen LogP contribution is -2.27. The van der Waals surface area contributed by atoms with E-state index in [1.165, 1.54) is 17.7 Å². The minimum atomic E-state index is -0.575. The van der Waals surface area contributed by atoms with Crippen LogP contribution in [0.5, 0.6) is 0 Å². The third-order valence-electron chi connectivity index (χ3n) is 3.33. The van der Waals surface area contributed by atoms with Crippen LogP contribution in [0.25, 0.3) is 0 Å². The molecular formula is C17H20FNO. The number of hydrogen-bond donors (Lipinski definition) is 2. The fourth-order valence-electron chi connectivity index (χ4n) is 2.13. The van der Waals surface area contributed by atoms with Gasteiger partial charge >= 0.3 is 0 Å². The largest absolute Gasteiger partial charge is 0.388 e. The van der Waals surface area contributed by atoms with Gasteiger partial charge in [-0.2, -0.15) is 0 Å². The maximum Gasteiger partial charge on any atom is 0.123 e. The second-order valence-corrected chi connectivity index (χ2v) is 5.07. The van der Waals surface area contributed by atoms with Crippen LogP contribution in [0.1, 0.15) is 30.6 Å². The molecule has 0 saturated heterocycles. The number of halogens is 1. The van der Waals surface area contributed by atoms with Gasteiger partial charge in [-0.05, 0) is 36.6 Å². The summed E-state index contributed by atoms with van der Waals surface area (Å²) in [4.78, 5) is 0. The van der Waals surface area contributed by atoms with Gasteiger partial charge in [0.05, 0.1) is 6.10 Å². The highest BCUT2D eigenvalue weighted by Gasteiger charge is 2.12. The molecular weight excluding hydrogens is 253 g/mol. The van der Waals surface area contributed by atoms with Gasteiger partial charge in [0.15, 0.2) is 0 Å². The van der Waals surface area contributed by atoms with Crippen molar-refractivity contribution in [3.63, 3.8) is 0 Å². The molecule has 2 aromatic carbocycles. The minimum Gasteiger partial charge on any atom is -0.388 e. The standard InChI is InChI=1S/C17H20FNO/c1-13(19-12-14-5-3-2-4-6-14)11-17(20)15-7-9-16(18)10-8-15/h2-10,13,17,19-20H,11-12H2,1H3. The SMILES string of the molecule is CC(CC(O)c1ccc(F)cc1)NCc1ccccc1. The molecule has 2 nitrogen and oxygen atoms in total. The van der Waals surface area contributed by atoms with Gasteiger partial charge in [-0.3, -0.25) is 0 Å². The van der Waals surface area contributed by atoms with Crippen LogP contribution in [-0.4, -0.2) is 11.1 Å². The molecule has 2 unspecified atom stereocenters. The quantitative estimate of drug-likeness (QED) is 0.845. The molecule has 0 aliphatic rings. The van der Waals surface area contributed by atoms with Crippen LogP contribution in [0.15, 0.2) is 54.6 Å². The summed E-state index contributed by atoms with van der Waals surface area (Å²) < 4.78 is 12.8. The van der Waals surface area contributed by atoms with Gasteiger partial charge in [-0.15, -0.1) is 0 Å². The molecule has 0 heterocycles. The van der Waals surface area contributed by atoms with Crippen molar-refractivity contribution in [3.8, 4) is 0 Å². The Bertz CT molecular complexity index is 512. The van der Waals surface area contributed by atoms with E-state index in [9.17, 15) is 9.50 Å². The normalized spacial score (nSPS) is 13.9. The van der Waals surface area contributed by atoms with Crippen molar-refractivity contribution in [2.24, 2.45) is 0 Å². The van der Waals surface area contributed by atoms with E-state index in [0.29, 0.717) is 6.42 Å². The molecule has 0 aliphatic carbocycles. The number of aliphatic hydroxyl groups excluding tert-OH is 1. The average molecular weight is 273 g/mol. The van der Waals surface area contributed by atoms with Crippen molar-refractivity contribution in [2.75, 3.05) is 0 Å². The summed E-state index contributed by atoms with van der Waals surface area (Å²) in [6.07, 6.45) is 0.0206. The Hall–Kier alpha value is -1.71. The van der Waals surface area contributed by atoms with E-state index in [4.69, 9.17) is 0 Å². The molecule has 2 atom stereocenters. The van der Waals surface area contributed by atoms with E-state index in [1.54, 1.807) is 12.1 Å². The van der Waals surface area contributed by atoms with E-state index in [0.717, 1.165) is 12.1 Å². The van der Waals surface area contributed by atoms with Crippen LogP contribution in [0.4, 0.5) is 4.39 Å². The molecule has 2 rings (SSSR count). The summed E-state index contributed by atoms with van der Waals surface area (Å²) in [5.41, 5.74) is 1.97. The Balaban J connectivity index is 1.82. The van der Waals surface area contributed by atoms with Crippen LogP contribution >= 0.6 is 0 Å². The predicted molar refractivity (Wildman–Crippen MR) is 78.7 cm³/mol. The Morgan fingerprint density at radius 2 is 1.70 bits per heavy atom. The summed E-state index contributed by atoms with van der Waals surface area (Å²) in [6.45, 7) is 2.81. The van der Waals surface area contributed by atoms with Gasteiger partial charge in [-0.1, -0.05) is 42.5 Å². The lowest BCUT2D eigenvalue weighted by atomic mass is 10.0. The first-order chi connectivity index (χ1) is 9.65. The first-order valence-electron chi connectivity index (χ1n) is 6.86. The van der Waals surface area contributed by atoms with E-state index < -0.39 is 6.10 Å². The van der Waals surface area contributed by atoms with Gasteiger partial charge in [0, 0.05) is 12.6 Å². The summed E-state index contributed by atoms with van der Waals surface area (Å²) in [7, 11) is 0. The molecule has 20 heavy (non-hydrogen) atoms. The lowest BCUT2D eigenvalue weighted by molar-refractivity contribution is 0.153. The Morgan fingerprint density at radius 1 is 1.05 bits per heavy atom. The summed E-state index contributed by atoms with van der Waals surface area (Å²) in [5, 5.41) is 13.5. The van der Waals surface area contributed by atoms with Gasteiger partial charge < -0.3 is 10.4 Å².